The molecule has 106 valence electrons. The fraction of sp³-hybridized carbons (Fsp3) is 0.462. The average molecular weight is 273 g/mol. The summed E-state index contributed by atoms with van der Waals surface area (Å²) in [6.07, 6.45) is 0. The van der Waals surface area contributed by atoms with E-state index in [-0.39, 0.29) is 18.7 Å². The van der Waals surface area contributed by atoms with Crippen LogP contribution in [0.5, 0.6) is 0 Å². The Morgan fingerprint density at radius 1 is 1.16 bits per heavy atom. The van der Waals surface area contributed by atoms with E-state index in [1.165, 1.54) is 31.3 Å². The minimum Gasteiger partial charge on any atom is -0.383 e. The zero-order valence-corrected chi connectivity index (χ0v) is 11.0. The third-order valence-electron chi connectivity index (χ3n) is 2.60. The molecule has 1 aromatic carbocycles. The van der Waals surface area contributed by atoms with Gasteiger partial charge in [0.25, 0.3) is 5.91 Å². The maximum Gasteiger partial charge on any atom is 0.257 e. The summed E-state index contributed by atoms with van der Waals surface area (Å²) in [5.41, 5.74) is -0.285. The van der Waals surface area contributed by atoms with E-state index in [2.05, 4.69) is 0 Å². The molecule has 0 bridgehead atoms. The number of carbonyl (C=O) groups excluding carboxylic acids is 1. The number of hydrogen-bond acceptors (Lipinski definition) is 3. The third kappa shape index (κ3) is 4.25. The van der Waals surface area contributed by atoms with Crippen molar-refractivity contribution in [3.05, 3.63) is 35.4 Å². The summed E-state index contributed by atoms with van der Waals surface area (Å²) in [6, 6.07) is 3.53. The number of amides is 1. The van der Waals surface area contributed by atoms with Gasteiger partial charge in [-0.3, -0.25) is 4.79 Å². The van der Waals surface area contributed by atoms with Crippen LogP contribution < -0.4 is 0 Å². The van der Waals surface area contributed by atoms with Gasteiger partial charge in [0.05, 0.1) is 18.8 Å². The predicted molar refractivity (Wildman–Crippen MR) is 66.0 cm³/mol. The number of carbonyl (C=O) groups is 1. The highest BCUT2D eigenvalue weighted by Gasteiger charge is 2.20. The molecule has 0 aliphatic rings. The van der Waals surface area contributed by atoms with E-state index in [4.69, 9.17) is 9.47 Å². The second-order valence-electron chi connectivity index (χ2n) is 3.88. The maximum absolute atomic E-state index is 13.6. The van der Waals surface area contributed by atoms with E-state index in [9.17, 15) is 13.6 Å². The summed E-state index contributed by atoms with van der Waals surface area (Å²) >= 11 is 0. The van der Waals surface area contributed by atoms with Crippen LogP contribution in [0.25, 0.3) is 0 Å². The van der Waals surface area contributed by atoms with Gasteiger partial charge in [0, 0.05) is 27.3 Å². The molecule has 1 amide bonds. The fourth-order valence-corrected chi connectivity index (χ4v) is 1.56. The number of halogens is 2. The topological polar surface area (TPSA) is 38.8 Å². The molecule has 0 heterocycles. The van der Waals surface area contributed by atoms with Gasteiger partial charge in [-0.05, 0) is 12.1 Å². The molecule has 4 nitrogen and oxygen atoms in total. The molecule has 1 rings (SSSR count). The summed E-state index contributed by atoms with van der Waals surface area (Å²) in [5.74, 6) is -2.75. The Morgan fingerprint density at radius 2 is 1.74 bits per heavy atom. The quantitative estimate of drug-likeness (QED) is 0.759. The molecule has 0 unspecified atom stereocenters. The summed E-state index contributed by atoms with van der Waals surface area (Å²) < 4.78 is 36.5. The van der Waals surface area contributed by atoms with E-state index in [0.717, 1.165) is 6.07 Å². The number of methoxy groups -OCH3 is 2. The zero-order chi connectivity index (χ0) is 14.3. The maximum atomic E-state index is 13.6. The minimum absolute atomic E-state index is 0.285. The molecule has 0 N–H and O–H groups in total. The lowest BCUT2D eigenvalue weighted by Gasteiger charge is -2.22. The zero-order valence-electron chi connectivity index (χ0n) is 11.0. The van der Waals surface area contributed by atoms with E-state index in [0.29, 0.717) is 13.2 Å². The molecule has 0 radical (unpaired) electrons. The van der Waals surface area contributed by atoms with Crippen molar-refractivity contribution in [2.24, 2.45) is 0 Å². The summed E-state index contributed by atoms with van der Waals surface area (Å²) in [6.45, 7) is 1.20. The van der Waals surface area contributed by atoms with Crippen LogP contribution in [0.2, 0.25) is 0 Å². The van der Waals surface area contributed by atoms with Gasteiger partial charge in [-0.15, -0.1) is 0 Å². The van der Waals surface area contributed by atoms with Crippen molar-refractivity contribution < 1.29 is 23.0 Å². The average Bonchev–Trinajstić information content (AvgIpc) is 2.41. The van der Waals surface area contributed by atoms with Gasteiger partial charge in [0.1, 0.15) is 0 Å². The van der Waals surface area contributed by atoms with Crippen LogP contribution >= 0.6 is 0 Å². The lowest BCUT2D eigenvalue weighted by molar-refractivity contribution is 0.0622. The van der Waals surface area contributed by atoms with Crippen LogP contribution in [0.1, 0.15) is 10.4 Å². The minimum atomic E-state index is -1.13. The molecular weight excluding hydrogens is 256 g/mol. The molecule has 0 saturated carbocycles. The second-order valence-corrected chi connectivity index (χ2v) is 3.88. The van der Waals surface area contributed by atoms with Gasteiger partial charge < -0.3 is 14.4 Å². The lowest BCUT2D eigenvalue weighted by Crippen LogP contribution is -2.37. The van der Waals surface area contributed by atoms with E-state index < -0.39 is 17.5 Å². The van der Waals surface area contributed by atoms with Crippen molar-refractivity contribution in [1.29, 1.82) is 0 Å². The Bertz CT molecular complexity index is 418. The van der Waals surface area contributed by atoms with Gasteiger partial charge in [0.15, 0.2) is 11.6 Å². The molecule has 0 saturated heterocycles. The lowest BCUT2D eigenvalue weighted by atomic mass is 10.1. The molecule has 19 heavy (non-hydrogen) atoms. The standard InChI is InChI=1S/C13H17F2NO3/c1-18-8-6-16(7-9-19-2)13(17)10-4-3-5-11(14)12(10)15/h3-5H,6-9H2,1-2H3. The van der Waals surface area contributed by atoms with Crippen LogP contribution in [0.15, 0.2) is 18.2 Å². The molecule has 0 aliphatic carbocycles. The number of nitrogens with zero attached hydrogens (tertiary/aromatic N) is 1. The largest absolute Gasteiger partial charge is 0.383 e. The van der Waals surface area contributed by atoms with Gasteiger partial charge in [-0.2, -0.15) is 0 Å². The van der Waals surface area contributed by atoms with Crippen molar-refractivity contribution in [2.45, 2.75) is 0 Å². The number of hydrogen-bond donors (Lipinski definition) is 0. The highest BCUT2D eigenvalue weighted by molar-refractivity contribution is 5.94. The van der Waals surface area contributed by atoms with Crippen molar-refractivity contribution >= 4 is 5.91 Å². The van der Waals surface area contributed by atoms with Gasteiger partial charge in [-0.25, -0.2) is 8.78 Å². The first kappa shape index (κ1) is 15.5. The number of rotatable bonds is 7. The monoisotopic (exact) mass is 273 g/mol. The Labute approximate surface area is 110 Å². The Morgan fingerprint density at radius 3 is 2.26 bits per heavy atom. The van der Waals surface area contributed by atoms with E-state index in [1.807, 2.05) is 0 Å². The van der Waals surface area contributed by atoms with Crippen molar-refractivity contribution in [3.63, 3.8) is 0 Å². The Kier molecular flexibility index (Phi) is 6.38. The molecule has 1 aromatic rings. The van der Waals surface area contributed by atoms with Crippen molar-refractivity contribution in [1.82, 2.24) is 4.90 Å². The van der Waals surface area contributed by atoms with Crippen LogP contribution in [0, 0.1) is 11.6 Å². The van der Waals surface area contributed by atoms with Gasteiger partial charge in [0.2, 0.25) is 0 Å². The molecule has 0 fully saturated rings. The van der Waals surface area contributed by atoms with Crippen LogP contribution in [0.4, 0.5) is 8.78 Å². The molecule has 0 aromatic heterocycles. The second kappa shape index (κ2) is 7.81. The highest BCUT2D eigenvalue weighted by Crippen LogP contribution is 2.13. The van der Waals surface area contributed by atoms with Gasteiger partial charge in [-0.1, -0.05) is 6.07 Å². The SMILES string of the molecule is COCCN(CCOC)C(=O)c1cccc(F)c1F. The summed E-state index contributed by atoms with van der Waals surface area (Å²) in [7, 11) is 3.00. The molecule has 0 aliphatic heterocycles. The molecule has 0 spiro atoms. The van der Waals surface area contributed by atoms with Crippen molar-refractivity contribution in [3.8, 4) is 0 Å². The van der Waals surface area contributed by atoms with E-state index >= 15 is 0 Å². The fourth-order valence-electron chi connectivity index (χ4n) is 1.56. The Balaban J connectivity index is 2.87. The number of ether oxygens (including phenoxy) is 2. The first-order valence-electron chi connectivity index (χ1n) is 5.83. The normalized spacial score (nSPS) is 10.5. The summed E-state index contributed by atoms with van der Waals surface area (Å²) in [5, 5.41) is 0. The molecule has 0 atom stereocenters. The predicted octanol–water partition coefficient (Wildman–Crippen LogP) is 1.70. The smallest absolute Gasteiger partial charge is 0.257 e. The van der Waals surface area contributed by atoms with Crippen molar-refractivity contribution in [2.75, 3.05) is 40.5 Å². The van der Waals surface area contributed by atoms with Crippen LogP contribution in [-0.4, -0.2) is 51.3 Å². The highest BCUT2D eigenvalue weighted by atomic mass is 19.2. The molecule has 6 heteroatoms. The molecular formula is C13H17F2NO3. The van der Waals surface area contributed by atoms with Crippen LogP contribution in [-0.2, 0) is 9.47 Å². The first-order valence-corrected chi connectivity index (χ1v) is 5.83. The van der Waals surface area contributed by atoms with Crippen LogP contribution in [0.3, 0.4) is 0 Å². The summed E-state index contributed by atoms with van der Waals surface area (Å²) in [4.78, 5) is 13.5. The van der Waals surface area contributed by atoms with Gasteiger partial charge >= 0.3 is 0 Å². The first-order chi connectivity index (χ1) is 9.11. The third-order valence-corrected chi connectivity index (χ3v) is 2.60. The van der Waals surface area contributed by atoms with E-state index in [1.54, 1.807) is 0 Å². The Hall–Kier alpha value is -1.53. The number of benzene rings is 1.